The summed E-state index contributed by atoms with van der Waals surface area (Å²) in [5.41, 5.74) is 5.43. The molecule has 1 aromatic rings. The normalized spacial score (nSPS) is 26.3. The smallest absolute Gasteiger partial charge is 0.240 e. The van der Waals surface area contributed by atoms with E-state index in [-0.39, 0.29) is 6.10 Å². The van der Waals surface area contributed by atoms with E-state index in [0.29, 0.717) is 30.9 Å². The van der Waals surface area contributed by atoms with Crippen LogP contribution in [0.3, 0.4) is 0 Å². The predicted octanol–water partition coefficient (Wildman–Crippen LogP) is 0.528. The molecule has 6 nitrogen and oxygen atoms in total. The maximum atomic E-state index is 5.80. The third-order valence-electron chi connectivity index (χ3n) is 2.91. The molecule has 1 fully saturated rings. The topological polar surface area (TPSA) is 77.4 Å². The second-order valence-corrected chi connectivity index (χ2v) is 4.48. The van der Waals surface area contributed by atoms with Crippen molar-refractivity contribution in [2.24, 2.45) is 5.73 Å². The Kier molecular flexibility index (Phi) is 4.09. The Morgan fingerprint density at radius 2 is 2.29 bits per heavy atom. The fourth-order valence-electron chi connectivity index (χ4n) is 2.13. The van der Waals surface area contributed by atoms with Gasteiger partial charge in [-0.15, -0.1) is 0 Å². The molecule has 0 bridgehead atoms. The summed E-state index contributed by atoms with van der Waals surface area (Å²) in [6, 6.07) is 0. The number of ether oxygens (including phenoxy) is 1. The van der Waals surface area contributed by atoms with E-state index >= 15 is 0 Å². The zero-order valence-corrected chi connectivity index (χ0v) is 10.4. The minimum Gasteiger partial charge on any atom is -0.373 e. The van der Waals surface area contributed by atoms with Crippen LogP contribution in [0.15, 0.2) is 4.52 Å². The molecule has 2 N–H and O–H groups in total. The van der Waals surface area contributed by atoms with E-state index in [4.69, 9.17) is 15.0 Å². The molecule has 0 saturated carbocycles. The molecule has 1 aliphatic rings. The van der Waals surface area contributed by atoms with Crippen LogP contribution >= 0.6 is 0 Å². The molecule has 6 heteroatoms. The van der Waals surface area contributed by atoms with Gasteiger partial charge in [0.2, 0.25) is 5.89 Å². The second kappa shape index (κ2) is 5.57. The molecular formula is C11H20N4O2. The summed E-state index contributed by atoms with van der Waals surface area (Å²) >= 11 is 0. The van der Waals surface area contributed by atoms with E-state index in [9.17, 15) is 0 Å². The lowest BCUT2D eigenvalue weighted by atomic mass is 10.2. The summed E-state index contributed by atoms with van der Waals surface area (Å²) in [6.07, 6.45) is 1.59. The highest BCUT2D eigenvalue weighted by molar-refractivity contribution is 4.87. The molecule has 0 amide bonds. The highest BCUT2D eigenvalue weighted by Gasteiger charge is 2.25. The molecule has 96 valence electrons. The van der Waals surface area contributed by atoms with Gasteiger partial charge in [0.05, 0.1) is 25.3 Å². The molecule has 0 spiro atoms. The lowest BCUT2D eigenvalue weighted by Crippen LogP contribution is -2.45. The number of hydrogen-bond acceptors (Lipinski definition) is 6. The lowest BCUT2D eigenvalue weighted by molar-refractivity contribution is -0.0807. The van der Waals surface area contributed by atoms with Crippen molar-refractivity contribution in [2.75, 3.05) is 13.1 Å². The van der Waals surface area contributed by atoms with Crippen molar-refractivity contribution >= 4 is 0 Å². The van der Waals surface area contributed by atoms with Crippen LogP contribution in [0.5, 0.6) is 0 Å². The van der Waals surface area contributed by atoms with E-state index in [0.717, 1.165) is 19.5 Å². The van der Waals surface area contributed by atoms with E-state index in [1.165, 1.54) is 0 Å². The SMILES string of the molecule is CCC1CN(Cc2noc(CN)n2)CC(C)O1. The standard InChI is InChI=1S/C11H20N4O2/c1-3-9-6-15(5-8(2)16-9)7-10-13-11(4-12)17-14-10/h8-9H,3-7,12H2,1-2H3. The molecule has 2 unspecified atom stereocenters. The van der Waals surface area contributed by atoms with Crippen LogP contribution in [0.2, 0.25) is 0 Å². The van der Waals surface area contributed by atoms with Crippen LogP contribution in [-0.2, 0) is 17.8 Å². The van der Waals surface area contributed by atoms with Gasteiger partial charge in [0.15, 0.2) is 5.82 Å². The first kappa shape index (κ1) is 12.5. The predicted molar refractivity (Wildman–Crippen MR) is 62.1 cm³/mol. The Labute approximate surface area is 101 Å². The van der Waals surface area contributed by atoms with Crippen molar-refractivity contribution in [3.63, 3.8) is 0 Å². The average molecular weight is 240 g/mol. The van der Waals surface area contributed by atoms with Gasteiger partial charge in [-0.1, -0.05) is 12.1 Å². The molecule has 2 rings (SSSR count). The number of aromatic nitrogens is 2. The van der Waals surface area contributed by atoms with E-state index in [2.05, 4.69) is 28.9 Å². The largest absolute Gasteiger partial charge is 0.373 e. The second-order valence-electron chi connectivity index (χ2n) is 4.48. The fraction of sp³-hybridized carbons (Fsp3) is 0.818. The Morgan fingerprint density at radius 1 is 1.47 bits per heavy atom. The van der Waals surface area contributed by atoms with Crippen molar-refractivity contribution in [1.29, 1.82) is 0 Å². The Morgan fingerprint density at radius 3 is 2.94 bits per heavy atom. The lowest BCUT2D eigenvalue weighted by Gasteiger charge is -2.35. The maximum Gasteiger partial charge on any atom is 0.240 e. The maximum absolute atomic E-state index is 5.80. The quantitative estimate of drug-likeness (QED) is 0.827. The molecule has 1 aromatic heterocycles. The monoisotopic (exact) mass is 240 g/mol. The molecule has 1 aliphatic heterocycles. The molecule has 0 radical (unpaired) electrons. The van der Waals surface area contributed by atoms with Crippen LogP contribution in [0.4, 0.5) is 0 Å². The zero-order valence-electron chi connectivity index (χ0n) is 10.4. The highest BCUT2D eigenvalue weighted by Crippen LogP contribution is 2.15. The van der Waals surface area contributed by atoms with Gasteiger partial charge in [-0.25, -0.2) is 0 Å². The van der Waals surface area contributed by atoms with Gasteiger partial charge in [0, 0.05) is 13.1 Å². The number of hydrogen-bond donors (Lipinski definition) is 1. The van der Waals surface area contributed by atoms with Gasteiger partial charge in [-0.05, 0) is 13.3 Å². The Balaban J connectivity index is 1.93. The van der Waals surface area contributed by atoms with Crippen molar-refractivity contribution in [2.45, 2.75) is 45.6 Å². The number of nitrogens with zero attached hydrogens (tertiary/aromatic N) is 3. The average Bonchev–Trinajstić information content (AvgIpc) is 2.76. The molecule has 2 atom stereocenters. The number of rotatable bonds is 4. The fourth-order valence-corrected chi connectivity index (χ4v) is 2.13. The van der Waals surface area contributed by atoms with Crippen molar-refractivity contribution in [3.8, 4) is 0 Å². The van der Waals surface area contributed by atoms with E-state index < -0.39 is 0 Å². The van der Waals surface area contributed by atoms with E-state index in [1.807, 2.05) is 0 Å². The minimum atomic E-state index is 0.259. The van der Waals surface area contributed by atoms with Gasteiger partial charge in [0.25, 0.3) is 0 Å². The summed E-state index contributed by atoms with van der Waals surface area (Å²) in [6.45, 7) is 7.06. The molecule has 0 aromatic carbocycles. The molecule has 0 aliphatic carbocycles. The first-order valence-electron chi connectivity index (χ1n) is 6.10. The molecular weight excluding hydrogens is 220 g/mol. The Bertz CT molecular complexity index is 355. The first-order chi connectivity index (χ1) is 8.21. The zero-order chi connectivity index (χ0) is 12.3. The van der Waals surface area contributed by atoms with E-state index in [1.54, 1.807) is 0 Å². The first-order valence-corrected chi connectivity index (χ1v) is 6.10. The van der Waals surface area contributed by atoms with Gasteiger partial charge in [0.1, 0.15) is 0 Å². The third-order valence-corrected chi connectivity index (χ3v) is 2.91. The molecule has 2 heterocycles. The van der Waals surface area contributed by atoms with Crippen LogP contribution in [0.25, 0.3) is 0 Å². The van der Waals surface area contributed by atoms with Crippen LogP contribution < -0.4 is 5.73 Å². The molecule has 17 heavy (non-hydrogen) atoms. The summed E-state index contributed by atoms with van der Waals surface area (Å²) in [5, 5.41) is 3.91. The van der Waals surface area contributed by atoms with Crippen LogP contribution in [-0.4, -0.2) is 40.3 Å². The van der Waals surface area contributed by atoms with Crippen molar-refractivity contribution in [1.82, 2.24) is 15.0 Å². The van der Waals surface area contributed by atoms with Gasteiger partial charge in [-0.2, -0.15) is 4.98 Å². The minimum absolute atomic E-state index is 0.259. The van der Waals surface area contributed by atoms with Crippen molar-refractivity contribution < 1.29 is 9.26 Å². The summed E-state index contributed by atoms with van der Waals surface area (Å²) in [5.74, 6) is 1.20. The summed E-state index contributed by atoms with van der Waals surface area (Å²) in [7, 11) is 0. The number of nitrogens with two attached hydrogens (primary N) is 1. The van der Waals surface area contributed by atoms with Crippen LogP contribution in [0, 0.1) is 0 Å². The third kappa shape index (κ3) is 3.24. The van der Waals surface area contributed by atoms with Crippen molar-refractivity contribution in [3.05, 3.63) is 11.7 Å². The molecule has 1 saturated heterocycles. The number of morpholine rings is 1. The van der Waals surface area contributed by atoms with Gasteiger partial charge in [-0.3, -0.25) is 4.90 Å². The summed E-state index contributed by atoms with van der Waals surface area (Å²) in [4.78, 5) is 6.51. The Hall–Kier alpha value is -0.980. The van der Waals surface area contributed by atoms with Crippen LogP contribution in [0.1, 0.15) is 32.0 Å². The van der Waals surface area contributed by atoms with Gasteiger partial charge < -0.3 is 15.0 Å². The van der Waals surface area contributed by atoms with Gasteiger partial charge >= 0.3 is 0 Å². The highest BCUT2D eigenvalue weighted by atomic mass is 16.5. The summed E-state index contributed by atoms with van der Waals surface area (Å²) < 4.78 is 10.8.